The summed E-state index contributed by atoms with van der Waals surface area (Å²) in [6.07, 6.45) is -29.2. The first kappa shape index (κ1) is 106. The van der Waals surface area contributed by atoms with Crippen LogP contribution in [0.2, 0.25) is 0 Å². The fourth-order valence-corrected chi connectivity index (χ4v) is 25.7. The third kappa shape index (κ3) is 21.3. The lowest BCUT2D eigenvalue weighted by Gasteiger charge is -2.29. The molecule has 6 unspecified atom stereocenters. The lowest BCUT2D eigenvalue weighted by Crippen LogP contribution is -2.37. The number of anilines is 4. The number of carbonyl (C=O) groups is 2. The van der Waals surface area contributed by atoms with Gasteiger partial charge in [0, 0.05) is 11.5 Å². The Morgan fingerprint density at radius 1 is 0.399 bits per heavy atom. The highest BCUT2D eigenvalue weighted by atomic mass is 32.7. The number of alkyl halides is 6. The van der Waals surface area contributed by atoms with Crippen molar-refractivity contribution >= 4 is 214 Å². The summed E-state index contributed by atoms with van der Waals surface area (Å²) in [5.41, 5.74) is 10.5. The molecule has 0 aliphatic carbocycles. The minimum Gasteiger partial charge on any atom is -0.382 e. The number of nitrogen functional groups attached to an aromatic ring is 2. The average Bonchev–Trinajstić information content (AvgIpc) is 1.63. The van der Waals surface area contributed by atoms with Gasteiger partial charge in [0.15, 0.2) is 148 Å². The lowest BCUT2D eigenvalue weighted by molar-refractivity contribution is -0.119. The van der Waals surface area contributed by atoms with E-state index in [0.29, 0.717) is 5.56 Å². The molecule has 148 heavy (non-hydrogen) atoms. The number of amides is 2. The van der Waals surface area contributed by atoms with Crippen LogP contribution in [0.25, 0.3) is 67.0 Å². The number of carbonyl (C=O) groups excluding carboxylic acids is 2. The monoisotopic (exact) mass is 2300 g/mol. The van der Waals surface area contributed by atoms with Gasteiger partial charge in [-0.15, -0.1) is 0 Å². The summed E-state index contributed by atoms with van der Waals surface area (Å²) in [6.45, 7) is -23.7. The Balaban J connectivity index is 0.000000136. The summed E-state index contributed by atoms with van der Waals surface area (Å²) >= 11 is 29.9. The number of nitrogens with two attached hydrogens (primary N) is 2. The van der Waals surface area contributed by atoms with Crippen molar-refractivity contribution in [2.45, 2.75) is 175 Å². The number of H-pyrrole nitrogens is 3. The molecule has 22 rings (SSSR count). The van der Waals surface area contributed by atoms with Gasteiger partial charge in [-0.3, -0.25) is 93.3 Å². The van der Waals surface area contributed by atoms with Crippen molar-refractivity contribution in [3.8, 4) is 0 Å². The van der Waals surface area contributed by atoms with E-state index in [4.69, 9.17) is 153 Å². The fraction of sp³-hybridized carbons (Fsp3) is 0.479. The Hall–Kier alpha value is -9.05. The van der Waals surface area contributed by atoms with Crippen molar-refractivity contribution in [3.05, 3.63) is 136 Å². The highest BCUT2D eigenvalue weighted by Crippen LogP contribution is 2.62. The molecule has 75 heteroatoms. The number of imidazole rings is 6. The van der Waals surface area contributed by atoms with Crippen molar-refractivity contribution in [1.29, 1.82) is 0 Å². The molecule has 792 valence electrons. The zero-order chi connectivity index (χ0) is 105. The maximum Gasteiger partial charge on any atom is 0.386 e. The zero-order valence-corrected chi connectivity index (χ0v) is 85.6. The first-order valence-electron chi connectivity index (χ1n) is 43.5. The molecule has 14 N–H and O–H groups in total. The van der Waals surface area contributed by atoms with Crippen molar-refractivity contribution < 1.29 is 148 Å². The maximum absolute atomic E-state index is 16.5. The molecule has 9 saturated heterocycles. The van der Waals surface area contributed by atoms with E-state index in [1.807, 2.05) is 0 Å². The van der Waals surface area contributed by atoms with Crippen molar-refractivity contribution in [1.82, 2.24) is 117 Å². The van der Waals surface area contributed by atoms with E-state index in [-0.39, 0.29) is 102 Å². The van der Waals surface area contributed by atoms with E-state index in [1.54, 1.807) is 44.2 Å². The molecule has 13 aromatic rings. The van der Waals surface area contributed by atoms with Crippen LogP contribution in [0, 0.1) is 19.8 Å². The highest BCUT2D eigenvalue weighted by Gasteiger charge is 2.60. The van der Waals surface area contributed by atoms with E-state index in [9.17, 15) is 53.0 Å². The molecule has 0 spiro atoms. The van der Waals surface area contributed by atoms with Crippen LogP contribution in [-0.4, -0.2) is 303 Å². The van der Waals surface area contributed by atoms with Crippen molar-refractivity contribution in [2.75, 3.05) is 61.7 Å². The molecule has 2 amide bonds. The van der Waals surface area contributed by atoms with Crippen LogP contribution in [0.1, 0.15) is 73.2 Å². The minimum absolute atomic E-state index is 0.0192. The number of hydrogen-bond donors (Lipinski definition) is 13. The molecule has 0 radical (unpaired) electrons. The van der Waals surface area contributed by atoms with Crippen molar-refractivity contribution in [3.63, 3.8) is 0 Å². The molecule has 30 atom stereocenters. The molecule has 0 saturated carbocycles. The molecule has 0 bridgehead atoms. The number of aromatic amines is 3. The van der Waals surface area contributed by atoms with Gasteiger partial charge < -0.3 is 102 Å². The Labute approximate surface area is 852 Å². The van der Waals surface area contributed by atoms with Crippen LogP contribution in [0.5, 0.6) is 0 Å². The number of nitrogens with one attached hydrogen (secondary N) is 5. The molecule has 12 aromatic heterocycles. The number of fused-ring (bicyclic) bond motifs is 12. The average molecular weight is 2300 g/mol. The van der Waals surface area contributed by atoms with E-state index >= 15 is 26.3 Å². The molecular weight excluding hydrogens is 2230 g/mol. The van der Waals surface area contributed by atoms with Gasteiger partial charge in [0.2, 0.25) is 11.9 Å². The van der Waals surface area contributed by atoms with Gasteiger partial charge in [-0.1, -0.05) is 44.3 Å². The molecule has 9 aliphatic rings. The van der Waals surface area contributed by atoms with Gasteiger partial charge in [-0.2, -0.15) is 4.98 Å². The smallest absolute Gasteiger partial charge is 0.382 e. The number of nitrogens with zero attached hydrogens (tertiary/aromatic N) is 21. The molecular formula is C73H78F6N28O29P6S6. The fourth-order valence-electron chi connectivity index (χ4n) is 17.1. The van der Waals surface area contributed by atoms with Crippen LogP contribution in [0.4, 0.5) is 49.7 Å². The van der Waals surface area contributed by atoms with Crippen molar-refractivity contribution in [2.24, 2.45) is 5.92 Å². The van der Waals surface area contributed by atoms with Crippen LogP contribution >= 0.6 is 52.6 Å². The normalized spacial score (nSPS) is 35.4. The number of thiol groups is 1. The Morgan fingerprint density at radius 3 is 1.02 bits per heavy atom. The maximum atomic E-state index is 16.5. The Kier molecular flexibility index (Phi) is 29.7. The van der Waals surface area contributed by atoms with Gasteiger partial charge in [-0.25, -0.2) is 101 Å². The number of aryl methyl sites for hydroxylation is 2. The predicted octanol–water partition coefficient (Wildman–Crippen LogP) is 4.49. The SMILES string of the molecule is CC(C)C(=O)Nc1nc2c(ncn2[C@@H]2O[C@@H]3COP(O)(=S)O[C@H]4[C@@H](F)[C@H](n5cnc6c(NC(=O)c7ccccc7)ncnc65)O[C@@H]4COP(=O)(S)O[C@H]3[C@H]2F)c(=O)[nH]1.Cc1nc2c(ncn2[C@@H]2O[C@@H]3COP(O)(=S)O[C@H]4[C@@H](F)[C@H](n5cnc6c(N)ncnc65)O[C@@H]4COP(O)(=S)O[C@H]3[C@H]2F)c(=O)[nH]1.Cc1nc2c(ncn2[C@@H]2O[C@@H]3COP(O)(=S)O[C@H]4[C@@H](F)[C@H](n5cnc6c(N)ncnc65)O[C@@H]4COP(O)(=S)O[C@H]3[C@H]2F)c(=O)[nH]1. The third-order valence-electron chi connectivity index (χ3n) is 23.9. The van der Waals surface area contributed by atoms with Crippen LogP contribution in [-0.2, 0) is 151 Å². The minimum atomic E-state index is -4.55. The number of hydrogen-bond acceptors (Lipinski definition) is 46. The van der Waals surface area contributed by atoms with Gasteiger partial charge in [0.1, 0.15) is 115 Å². The Bertz CT molecular complexity index is 7590. The molecule has 21 heterocycles. The molecule has 57 nitrogen and oxygen atoms in total. The van der Waals surface area contributed by atoms with Crippen LogP contribution in [0.3, 0.4) is 0 Å². The number of halogens is 6. The summed E-state index contributed by atoms with van der Waals surface area (Å²) in [4.78, 5) is 186. The standard InChI is InChI=1S/C31H32F2N10O11P2S2.2C21H23F2N9O9P2S2/c1-13(2)26(44)40-31-39-25-20(28(46)41-31)37-12-43(25)30-18(33)22-16(52-30)9-50-55(47,57)53-21-15(8-49-56(48,58)54-22)51-29(17(21)32)42-11-36-19-23(34-10-35-24(19)42)38-27(45)14-6-4-3-5-7-14;2*1-7-29-18-13(19(33)30-7)28-6-32(18)21-11(23)15-9(39-21)3-37-42(34,44)40-14-8(2-36-43(35,45)41-15)38-20(10(14)22)31-5-27-12-16(24)25-4-26-17(12)31/h3-7,10-13,15-18,21-22,29-30H,8-9H2,1-2H3,(H,47,57)(H,48,58)(H,34,35,38,45)(H2,39,40,41,44,46);2*4-6,8-11,14-15,20-21H,2-3H2,1H3,(H,34,44)(H,35,45)(H2,24,25,26)(H,29,30,33)/t15-,16-,17-,18-,21-,22-,29-,30-,55?,56?;2*8-,9-,10-,11-,14-,15-,20-,21-,42?,43?/m111/s1. The topological polar surface area (TPSA) is 716 Å². The summed E-state index contributed by atoms with van der Waals surface area (Å²) in [7, 11) is 0. The third-order valence-corrected chi connectivity index (χ3v) is 33.3. The predicted molar refractivity (Wildman–Crippen MR) is 513 cm³/mol. The second kappa shape index (κ2) is 41.4. The summed E-state index contributed by atoms with van der Waals surface area (Å²) in [5, 5.41) is 5.11. The quantitative estimate of drug-likeness (QED) is 0.0509. The Morgan fingerprint density at radius 2 is 0.682 bits per heavy atom. The summed E-state index contributed by atoms with van der Waals surface area (Å²) in [5.74, 6) is -1.03. The second-order valence-corrected chi connectivity index (χ2v) is 50.8. The summed E-state index contributed by atoms with van der Waals surface area (Å²) < 4.78 is 219. The number of benzene rings is 1. The molecule has 9 fully saturated rings. The largest absolute Gasteiger partial charge is 0.386 e. The summed E-state index contributed by atoms with van der Waals surface area (Å²) in [6, 6.07) is 8.32. The number of ether oxygens (including phenoxy) is 6. The van der Waals surface area contributed by atoms with E-state index in [0.717, 1.165) is 42.5 Å². The zero-order valence-electron chi connectivity index (χ0n) is 75.3. The van der Waals surface area contributed by atoms with E-state index in [1.165, 1.54) is 55.7 Å². The van der Waals surface area contributed by atoms with Gasteiger partial charge in [0.05, 0.1) is 77.6 Å². The van der Waals surface area contributed by atoms with Gasteiger partial charge in [-0.05, 0) is 85.0 Å². The first-order chi connectivity index (χ1) is 70.2. The van der Waals surface area contributed by atoms with Gasteiger partial charge in [0.25, 0.3) is 22.6 Å². The molecule has 9 aliphatic heterocycles. The highest BCUT2D eigenvalue weighted by molar-refractivity contribution is 8.44. The molecule has 1 aromatic carbocycles. The first-order valence-corrected chi connectivity index (χ1v) is 59.1. The van der Waals surface area contributed by atoms with E-state index in [2.05, 4.69) is 113 Å². The number of rotatable bonds is 10. The van der Waals surface area contributed by atoms with Crippen LogP contribution < -0.4 is 38.8 Å². The van der Waals surface area contributed by atoms with E-state index < -0.39 is 262 Å². The lowest BCUT2D eigenvalue weighted by atomic mass is 10.1. The van der Waals surface area contributed by atoms with Crippen LogP contribution in [0.15, 0.2) is 102 Å². The van der Waals surface area contributed by atoms with Gasteiger partial charge >= 0.3 is 40.4 Å². The number of aromatic nitrogens is 24. The second-order valence-electron chi connectivity index (χ2n) is 33.9.